The lowest BCUT2D eigenvalue weighted by Gasteiger charge is -2.11. The van der Waals surface area contributed by atoms with Crippen LogP contribution in [-0.4, -0.2) is 19.9 Å². The van der Waals surface area contributed by atoms with Gasteiger partial charge in [-0.15, -0.1) is 0 Å². The third kappa shape index (κ3) is 1.94. The number of hydrogen-bond donors (Lipinski definition) is 1. The molecule has 0 saturated carbocycles. The van der Waals surface area contributed by atoms with Gasteiger partial charge in [-0.25, -0.2) is 0 Å². The van der Waals surface area contributed by atoms with Crippen molar-refractivity contribution >= 4 is 11.6 Å². The molecule has 2 aromatic heterocycles. The second kappa shape index (κ2) is 4.23. The first-order valence-corrected chi connectivity index (χ1v) is 5.25. The van der Waals surface area contributed by atoms with Crippen LogP contribution in [0.2, 0.25) is 5.02 Å². The highest BCUT2D eigenvalue weighted by atomic mass is 35.5. The van der Waals surface area contributed by atoms with Gasteiger partial charge in [-0.2, -0.15) is 5.10 Å². The summed E-state index contributed by atoms with van der Waals surface area (Å²) >= 11 is 5.95. The van der Waals surface area contributed by atoms with Crippen molar-refractivity contribution in [3.05, 3.63) is 46.5 Å². The number of aryl methyl sites for hydroxylation is 2. The van der Waals surface area contributed by atoms with Crippen LogP contribution in [0.15, 0.2) is 24.5 Å². The summed E-state index contributed by atoms with van der Waals surface area (Å²) in [5.74, 6) is 0. The van der Waals surface area contributed by atoms with Gasteiger partial charge in [0.25, 0.3) is 0 Å². The van der Waals surface area contributed by atoms with Gasteiger partial charge in [0.1, 0.15) is 6.10 Å². The highest BCUT2D eigenvalue weighted by molar-refractivity contribution is 6.31. The van der Waals surface area contributed by atoms with Crippen LogP contribution in [0.1, 0.15) is 23.1 Å². The molecule has 16 heavy (non-hydrogen) atoms. The van der Waals surface area contributed by atoms with Crippen LogP contribution in [-0.2, 0) is 7.05 Å². The Hall–Kier alpha value is -1.39. The zero-order chi connectivity index (χ0) is 11.7. The SMILES string of the molecule is Cc1ccc(C(O)c2c(Cl)cnn2C)nc1. The summed E-state index contributed by atoms with van der Waals surface area (Å²) < 4.78 is 1.55. The van der Waals surface area contributed by atoms with E-state index in [1.165, 1.54) is 6.20 Å². The minimum atomic E-state index is -0.847. The van der Waals surface area contributed by atoms with E-state index in [-0.39, 0.29) is 0 Å². The van der Waals surface area contributed by atoms with Gasteiger partial charge >= 0.3 is 0 Å². The Labute approximate surface area is 98.5 Å². The van der Waals surface area contributed by atoms with Crippen LogP contribution in [0.5, 0.6) is 0 Å². The lowest BCUT2D eigenvalue weighted by Crippen LogP contribution is -2.08. The number of pyridine rings is 1. The first-order valence-electron chi connectivity index (χ1n) is 4.87. The molecule has 0 fully saturated rings. The third-order valence-electron chi connectivity index (χ3n) is 2.41. The topological polar surface area (TPSA) is 50.9 Å². The van der Waals surface area contributed by atoms with Crippen molar-refractivity contribution in [1.29, 1.82) is 0 Å². The van der Waals surface area contributed by atoms with Crippen molar-refractivity contribution in [2.45, 2.75) is 13.0 Å². The summed E-state index contributed by atoms with van der Waals surface area (Å²) in [4.78, 5) is 4.17. The molecule has 0 radical (unpaired) electrons. The summed E-state index contributed by atoms with van der Waals surface area (Å²) in [7, 11) is 1.73. The number of rotatable bonds is 2. The monoisotopic (exact) mass is 237 g/mol. The predicted molar refractivity (Wildman–Crippen MR) is 61.3 cm³/mol. The molecule has 0 aliphatic rings. The number of aliphatic hydroxyl groups is 1. The molecular formula is C11H12ClN3O. The van der Waals surface area contributed by atoms with Crippen molar-refractivity contribution in [3.63, 3.8) is 0 Å². The van der Waals surface area contributed by atoms with E-state index < -0.39 is 6.10 Å². The van der Waals surface area contributed by atoms with E-state index >= 15 is 0 Å². The van der Waals surface area contributed by atoms with Gasteiger partial charge in [0, 0.05) is 13.2 Å². The average Bonchev–Trinajstić information content (AvgIpc) is 2.59. The van der Waals surface area contributed by atoms with Crippen molar-refractivity contribution in [1.82, 2.24) is 14.8 Å². The maximum atomic E-state index is 10.1. The average molecular weight is 238 g/mol. The van der Waals surface area contributed by atoms with E-state index in [4.69, 9.17) is 11.6 Å². The number of nitrogens with zero attached hydrogens (tertiary/aromatic N) is 3. The maximum absolute atomic E-state index is 10.1. The van der Waals surface area contributed by atoms with E-state index in [1.807, 2.05) is 13.0 Å². The minimum Gasteiger partial charge on any atom is -0.380 e. The van der Waals surface area contributed by atoms with Crippen molar-refractivity contribution < 1.29 is 5.11 Å². The number of halogens is 1. The Kier molecular flexibility index (Phi) is 2.94. The van der Waals surface area contributed by atoms with E-state index in [0.717, 1.165) is 5.56 Å². The van der Waals surface area contributed by atoms with Gasteiger partial charge in [0.15, 0.2) is 0 Å². The van der Waals surface area contributed by atoms with Crippen molar-refractivity contribution in [2.24, 2.45) is 7.05 Å². The smallest absolute Gasteiger partial charge is 0.139 e. The van der Waals surface area contributed by atoms with E-state index in [2.05, 4.69) is 10.1 Å². The highest BCUT2D eigenvalue weighted by Crippen LogP contribution is 2.26. The Bertz CT molecular complexity index is 473. The Balaban J connectivity index is 2.39. The first-order chi connectivity index (χ1) is 7.59. The van der Waals surface area contributed by atoms with E-state index in [0.29, 0.717) is 16.4 Å². The van der Waals surface area contributed by atoms with Gasteiger partial charge in [-0.05, 0) is 18.6 Å². The molecule has 1 N–H and O–H groups in total. The van der Waals surface area contributed by atoms with Crippen LogP contribution in [0.25, 0.3) is 0 Å². The lowest BCUT2D eigenvalue weighted by atomic mass is 10.1. The lowest BCUT2D eigenvalue weighted by molar-refractivity contribution is 0.205. The maximum Gasteiger partial charge on any atom is 0.139 e. The van der Waals surface area contributed by atoms with Gasteiger partial charge in [0.05, 0.1) is 22.6 Å². The third-order valence-corrected chi connectivity index (χ3v) is 2.70. The van der Waals surface area contributed by atoms with Gasteiger partial charge in [-0.3, -0.25) is 9.67 Å². The van der Waals surface area contributed by atoms with Crippen LogP contribution in [0.3, 0.4) is 0 Å². The molecular weight excluding hydrogens is 226 g/mol. The summed E-state index contributed by atoms with van der Waals surface area (Å²) in [6, 6.07) is 3.68. The second-order valence-corrected chi connectivity index (χ2v) is 4.07. The Morgan fingerprint density at radius 1 is 1.38 bits per heavy atom. The van der Waals surface area contributed by atoms with Gasteiger partial charge < -0.3 is 5.11 Å². The molecule has 0 spiro atoms. The summed E-state index contributed by atoms with van der Waals surface area (Å²) in [6.07, 6.45) is 2.37. The molecule has 84 valence electrons. The molecule has 0 saturated heterocycles. The van der Waals surface area contributed by atoms with Crippen LogP contribution in [0.4, 0.5) is 0 Å². The minimum absolute atomic E-state index is 0.442. The molecule has 1 unspecified atom stereocenters. The number of aliphatic hydroxyl groups excluding tert-OH is 1. The molecule has 2 heterocycles. The molecule has 0 amide bonds. The molecule has 5 heteroatoms. The summed E-state index contributed by atoms with van der Waals surface area (Å²) in [5.41, 5.74) is 2.17. The van der Waals surface area contributed by atoms with Crippen molar-refractivity contribution in [2.75, 3.05) is 0 Å². The molecule has 2 rings (SSSR count). The molecule has 0 aliphatic heterocycles. The Morgan fingerprint density at radius 3 is 2.62 bits per heavy atom. The number of aromatic nitrogens is 3. The molecule has 1 atom stereocenters. The molecule has 0 bridgehead atoms. The second-order valence-electron chi connectivity index (χ2n) is 3.66. The quantitative estimate of drug-likeness (QED) is 0.868. The fourth-order valence-electron chi connectivity index (χ4n) is 1.51. The fraction of sp³-hybridized carbons (Fsp3) is 0.273. The molecule has 0 aromatic carbocycles. The summed E-state index contributed by atoms with van der Waals surface area (Å²) in [6.45, 7) is 1.94. The zero-order valence-electron chi connectivity index (χ0n) is 9.05. The van der Waals surface area contributed by atoms with Crippen LogP contribution in [0, 0.1) is 6.92 Å². The summed E-state index contributed by atoms with van der Waals surface area (Å²) in [5, 5.41) is 14.5. The van der Waals surface area contributed by atoms with Crippen LogP contribution >= 0.6 is 11.6 Å². The van der Waals surface area contributed by atoms with Crippen LogP contribution < -0.4 is 0 Å². The van der Waals surface area contributed by atoms with Crippen molar-refractivity contribution in [3.8, 4) is 0 Å². The predicted octanol–water partition coefficient (Wildman–Crippen LogP) is 1.86. The standard InChI is InChI=1S/C11H12ClN3O/c1-7-3-4-9(13-5-7)11(16)10-8(12)6-14-15(10)2/h3-6,11,16H,1-2H3. The Morgan fingerprint density at radius 2 is 2.12 bits per heavy atom. The normalized spacial score (nSPS) is 12.8. The zero-order valence-corrected chi connectivity index (χ0v) is 9.81. The number of hydrogen-bond acceptors (Lipinski definition) is 3. The largest absolute Gasteiger partial charge is 0.380 e. The molecule has 2 aromatic rings. The van der Waals surface area contributed by atoms with Gasteiger partial charge in [0.2, 0.25) is 0 Å². The fourth-order valence-corrected chi connectivity index (χ4v) is 1.78. The van der Waals surface area contributed by atoms with E-state index in [1.54, 1.807) is 24.0 Å². The first kappa shape index (κ1) is 11.1. The molecule has 0 aliphatic carbocycles. The highest BCUT2D eigenvalue weighted by Gasteiger charge is 2.19. The van der Waals surface area contributed by atoms with E-state index in [9.17, 15) is 5.11 Å². The molecule has 4 nitrogen and oxygen atoms in total. The van der Waals surface area contributed by atoms with Gasteiger partial charge in [-0.1, -0.05) is 17.7 Å².